The van der Waals surface area contributed by atoms with Gasteiger partial charge in [0.2, 0.25) is 0 Å². The van der Waals surface area contributed by atoms with Gasteiger partial charge >= 0.3 is 0 Å². The van der Waals surface area contributed by atoms with Crippen LogP contribution in [0.3, 0.4) is 0 Å². The van der Waals surface area contributed by atoms with Gasteiger partial charge in [-0.05, 0) is 47.3 Å². The van der Waals surface area contributed by atoms with Crippen molar-refractivity contribution in [3.63, 3.8) is 0 Å². The summed E-state index contributed by atoms with van der Waals surface area (Å²) in [6, 6.07) is 4.19. The van der Waals surface area contributed by atoms with Crippen LogP contribution in [0.4, 0.5) is 0 Å². The summed E-state index contributed by atoms with van der Waals surface area (Å²) in [5.41, 5.74) is 0. The van der Waals surface area contributed by atoms with Crippen LogP contribution in [-0.4, -0.2) is 50.2 Å². The lowest BCUT2D eigenvalue weighted by molar-refractivity contribution is -0.0163. The van der Waals surface area contributed by atoms with Crippen LogP contribution >= 0.6 is 27.3 Å². The van der Waals surface area contributed by atoms with Crippen molar-refractivity contribution in [1.29, 1.82) is 0 Å². The van der Waals surface area contributed by atoms with Gasteiger partial charge in [-0.3, -0.25) is 0 Å². The maximum Gasteiger partial charge on any atom is 0.0897 e. The number of rotatable bonds is 9. The van der Waals surface area contributed by atoms with E-state index in [4.69, 9.17) is 9.47 Å². The molecule has 1 aromatic heterocycles. The Hall–Kier alpha value is 0.0200. The van der Waals surface area contributed by atoms with E-state index in [1.165, 1.54) is 4.88 Å². The fourth-order valence-electron chi connectivity index (χ4n) is 2.14. The fourth-order valence-corrected chi connectivity index (χ4v) is 3.62. The minimum absolute atomic E-state index is 0.229. The fraction of sp³-hybridized carbons (Fsp3) is 0.714. The van der Waals surface area contributed by atoms with Gasteiger partial charge in [0.25, 0.3) is 0 Å². The molecule has 0 radical (unpaired) electrons. The van der Waals surface area contributed by atoms with Crippen molar-refractivity contribution in [3.05, 3.63) is 20.8 Å². The monoisotopic (exact) mass is 363 g/mol. The van der Waals surface area contributed by atoms with Gasteiger partial charge in [-0.15, -0.1) is 11.3 Å². The third-order valence-electron chi connectivity index (χ3n) is 3.19. The number of nitrogens with one attached hydrogen (secondary N) is 1. The molecular weight excluding hydrogens is 342 g/mol. The minimum atomic E-state index is -0.452. The molecule has 1 aliphatic rings. The summed E-state index contributed by atoms with van der Waals surface area (Å²) in [5, 5.41) is 13.0. The first-order valence-corrected chi connectivity index (χ1v) is 8.67. The molecule has 0 spiro atoms. The molecule has 2 unspecified atom stereocenters. The van der Waals surface area contributed by atoms with Gasteiger partial charge in [-0.25, -0.2) is 0 Å². The van der Waals surface area contributed by atoms with E-state index < -0.39 is 6.10 Å². The summed E-state index contributed by atoms with van der Waals surface area (Å²) in [5.74, 6) is 0. The lowest BCUT2D eigenvalue weighted by Crippen LogP contribution is -2.32. The average Bonchev–Trinajstić information content (AvgIpc) is 3.06. The highest BCUT2D eigenvalue weighted by Crippen LogP contribution is 2.22. The molecule has 2 atom stereocenters. The summed E-state index contributed by atoms with van der Waals surface area (Å²) in [6.45, 7) is 3.25. The smallest absolute Gasteiger partial charge is 0.0897 e. The highest BCUT2D eigenvalue weighted by atomic mass is 79.9. The quantitative estimate of drug-likeness (QED) is 0.660. The molecule has 1 fully saturated rings. The molecule has 6 heteroatoms. The van der Waals surface area contributed by atoms with Crippen molar-refractivity contribution in [3.8, 4) is 0 Å². The average molecular weight is 364 g/mol. The van der Waals surface area contributed by atoms with Crippen LogP contribution in [0.15, 0.2) is 15.9 Å². The van der Waals surface area contributed by atoms with E-state index in [0.717, 1.165) is 36.2 Å². The van der Waals surface area contributed by atoms with Gasteiger partial charge in [-0.1, -0.05) is 0 Å². The van der Waals surface area contributed by atoms with Gasteiger partial charge in [0.05, 0.1) is 29.2 Å². The maximum atomic E-state index is 9.79. The van der Waals surface area contributed by atoms with E-state index in [-0.39, 0.29) is 6.10 Å². The minimum Gasteiger partial charge on any atom is -0.389 e. The first-order chi connectivity index (χ1) is 9.74. The zero-order valence-electron chi connectivity index (χ0n) is 11.5. The second-order valence-electron chi connectivity index (χ2n) is 4.99. The van der Waals surface area contributed by atoms with Gasteiger partial charge < -0.3 is 19.9 Å². The number of aliphatic hydroxyl groups is 1. The number of hydrogen-bond donors (Lipinski definition) is 2. The molecule has 0 aliphatic carbocycles. The Bertz CT molecular complexity index is 382. The van der Waals surface area contributed by atoms with Gasteiger partial charge in [-0.2, -0.15) is 0 Å². The van der Waals surface area contributed by atoms with Crippen LogP contribution in [0, 0.1) is 0 Å². The Morgan fingerprint density at radius 1 is 1.55 bits per heavy atom. The predicted molar refractivity (Wildman–Crippen MR) is 84.4 cm³/mol. The summed E-state index contributed by atoms with van der Waals surface area (Å²) >= 11 is 5.20. The first-order valence-electron chi connectivity index (χ1n) is 7.06. The molecule has 1 saturated heterocycles. The van der Waals surface area contributed by atoms with E-state index in [0.29, 0.717) is 19.8 Å². The van der Waals surface area contributed by atoms with E-state index in [1.807, 2.05) is 0 Å². The lowest BCUT2D eigenvalue weighted by Gasteiger charge is -2.14. The van der Waals surface area contributed by atoms with Crippen LogP contribution in [0.5, 0.6) is 0 Å². The maximum absolute atomic E-state index is 9.79. The zero-order chi connectivity index (χ0) is 14.2. The molecule has 2 heterocycles. The molecule has 20 heavy (non-hydrogen) atoms. The van der Waals surface area contributed by atoms with E-state index >= 15 is 0 Å². The normalized spacial score (nSPS) is 20.4. The molecule has 114 valence electrons. The van der Waals surface area contributed by atoms with Crippen molar-refractivity contribution in [2.45, 2.75) is 31.5 Å². The van der Waals surface area contributed by atoms with Crippen molar-refractivity contribution in [2.75, 3.05) is 32.9 Å². The van der Waals surface area contributed by atoms with Crippen LogP contribution in [0.25, 0.3) is 0 Å². The Labute approximate surface area is 132 Å². The predicted octanol–water partition coefficient (Wildman–Crippen LogP) is 2.20. The zero-order valence-corrected chi connectivity index (χ0v) is 13.9. The van der Waals surface area contributed by atoms with Crippen LogP contribution in [0.1, 0.15) is 17.7 Å². The lowest BCUT2D eigenvalue weighted by atomic mass is 10.2. The number of halogens is 1. The third kappa shape index (κ3) is 6.20. The Morgan fingerprint density at radius 2 is 2.45 bits per heavy atom. The molecule has 2 rings (SSSR count). The van der Waals surface area contributed by atoms with E-state index in [1.54, 1.807) is 11.3 Å². The summed E-state index contributed by atoms with van der Waals surface area (Å²) in [4.78, 5) is 1.34. The second kappa shape index (κ2) is 9.12. The molecule has 2 N–H and O–H groups in total. The Balaban J connectivity index is 1.46. The second-order valence-corrected chi connectivity index (χ2v) is 7.53. The van der Waals surface area contributed by atoms with Gasteiger partial charge in [0.1, 0.15) is 0 Å². The van der Waals surface area contributed by atoms with Gasteiger partial charge in [0.15, 0.2) is 0 Å². The standard InChI is InChI=1S/C14H22BrNO3S/c15-14-4-3-13(20-14)5-6-16-8-11(17)9-18-10-12-2-1-7-19-12/h3-4,11-12,16-17H,1-2,5-10H2. The van der Waals surface area contributed by atoms with Crippen molar-refractivity contribution < 1.29 is 14.6 Å². The molecule has 0 amide bonds. The van der Waals surface area contributed by atoms with Crippen LogP contribution in [0.2, 0.25) is 0 Å². The third-order valence-corrected chi connectivity index (χ3v) is 4.88. The van der Waals surface area contributed by atoms with Gasteiger partial charge in [0, 0.05) is 24.6 Å². The summed E-state index contributed by atoms with van der Waals surface area (Å²) in [7, 11) is 0. The molecular formula is C14H22BrNO3S. The topological polar surface area (TPSA) is 50.7 Å². The highest BCUT2D eigenvalue weighted by Gasteiger charge is 2.15. The Kier molecular flexibility index (Phi) is 7.48. The summed E-state index contributed by atoms with van der Waals surface area (Å²) in [6.07, 6.45) is 2.96. The molecule has 0 aromatic carbocycles. The van der Waals surface area contributed by atoms with E-state index in [2.05, 4.69) is 33.4 Å². The number of ether oxygens (including phenoxy) is 2. The van der Waals surface area contributed by atoms with Crippen molar-refractivity contribution >= 4 is 27.3 Å². The first kappa shape index (κ1) is 16.4. The summed E-state index contributed by atoms with van der Waals surface area (Å²) < 4.78 is 12.1. The number of aliphatic hydroxyl groups excluding tert-OH is 1. The van der Waals surface area contributed by atoms with Crippen LogP contribution in [-0.2, 0) is 15.9 Å². The van der Waals surface area contributed by atoms with Crippen molar-refractivity contribution in [1.82, 2.24) is 5.32 Å². The molecule has 0 bridgehead atoms. The number of hydrogen-bond acceptors (Lipinski definition) is 5. The highest BCUT2D eigenvalue weighted by molar-refractivity contribution is 9.11. The van der Waals surface area contributed by atoms with Crippen molar-refractivity contribution in [2.24, 2.45) is 0 Å². The SMILES string of the molecule is OC(CNCCc1ccc(Br)s1)COCC1CCCO1. The molecule has 1 aromatic rings. The number of thiophene rings is 1. The van der Waals surface area contributed by atoms with Crippen LogP contribution < -0.4 is 5.32 Å². The van der Waals surface area contributed by atoms with E-state index in [9.17, 15) is 5.11 Å². The Morgan fingerprint density at radius 3 is 3.15 bits per heavy atom. The molecule has 1 aliphatic heterocycles. The largest absolute Gasteiger partial charge is 0.389 e. The molecule has 0 saturated carbocycles. The molecule has 4 nitrogen and oxygen atoms in total.